The summed E-state index contributed by atoms with van der Waals surface area (Å²) in [5.41, 5.74) is 0.832. The number of nitrogens with zero attached hydrogens (tertiary/aromatic N) is 7. The number of benzene rings is 4. The number of carbonyl (C=O) groups is 1. The number of tetrazole rings is 1. The number of anilines is 1. The van der Waals surface area contributed by atoms with Crippen LogP contribution in [-0.2, 0) is 45.7 Å². The lowest BCUT2D eigenvalue weighted by Gasteiger charge is -2.36. The van der Waals surface area contributed by atoms with E-state index < -0.39 is 50.0 Å². The number of rotatable bonds is 15. The standard InChI is InChI=1S/C40H46IN7O10S2/c1-40(2,3)58-39(50)45-24-34(35(49)25-45)48(59(51)52)33-20-19-32(41)36(38-42-43-44-47(38)23-28-11-17-31(57-6)18-12-28)37(33)60(53,54)46(21-26-7-13-29(55-4)14-8-26)22-27-9-15-30(56-5)16-10-27/h7-20,34-35,49H,21-25H2,1-6H3,(H,51,52)/p-1/t34-,35+/m1/s1. The second-order valence-corrected chi connectivity index (χ2v) is 18.7. The molecule has 2 heterocycles. The van der Waals surface area contributed by atoms with Gasteiger partial charge >= 0.3 is 6.09 Å². The molecule has 1 amide bonds. The van der Waals surface area contributed by atoms with Crippen LogP contribution in [0.1, 0.15) is 37.5 Å². The smallest absolute Gasteiger partial charge is 0.410 e. The highest BCUT2D eigenvalue weighted by molar-refractivity contribution is 14.1. The van der Waals surface area contributed by atoms with Crippen LogP contribution >= 0.6 is 22.6 Å². The van der Waals surface area contributed by atoms with Crippen molar-refractivity contribution >= 4 is 55.7 Å². The number of methoxy groups -OCH3 is 3. The van der Waals surface area contributed by atoms with E-state index in [0.717, 1.165) is 9.87 Å². The number of hydrogen-bond acceptors (Lipinski definition) is 13. The lowest BCUT2D eigenvalue weighted by Crippen LogP contribution is -2.46. The van der Waals surface area contributed by atoms with E-state index in [0.29, 0.717) is 31.9 Å². The first-order chi connectivity index (χ1) is 28.5. The fraction of sp³-hybridized carbons (Fsp3) is 0.350. The molecule has 1 unspecified atom stereocenters. The van der Waals surface area contributed by atoms with E-state index in [1.165, 1.54) is 34.2 Å². The SMILES string of the molecule is COc1ccc(CN(Cc2ccc(OC)cc2)S(=O)(=O)c2c(N([C@@H]3CN(C(=O)OC(C)(C)C)C[C@@H]3O)S(=O)[O-])ccc(I)c2-c2nnnn2Cc2ccc(OC)cc2)cc1. The molecule has 1 saturated heterocycles. The van der Waals surface area contributed by atoms with Gasteiger partial charge in [0, 0.05) is 34.5 Å². The summed E-state index contributed by atoms with van der Waals surface area (Å²) in [6, 6.07) is 22.6. The Hall–Kier alpha value is -4.87. The van der Waals surface area contributed by atoms with Crippen molar-refractivity contribution in [3.8, 4) is 28.6 Å². The van der Waals surface area contributed by atoms with Crippen LogP contribution in [0.5, 0.6) is 17.2 Å². The number of hydrogen-bond donors (Lipinski definition) is 1. The molecule has 1 aliphatic rings. The van der Waals surface area contributed by atoms with Crippen molar-refractivity contribution in [3.63, 3.8) is 0 Å². The van der Waals surface area contributed by atoms with Crippen LogP contribution < -0.4 is 18.5 Å². The van der Waals surface area contributed by atoms with Crippen molar-refractivity contribution in [1.29, 1.82) is 0 Å². The zero-order valence-corrected chi connectivity index (χ0v) is 37.5. The molecule has 0 spiro atoms. The zero-order chi connectivity index (χ0) is 43.4. The number of β-amino-alcohol motifs (C(OH)–C–C–N with tert-alkyl or cyclic N) is 1. The maximum absolute atomic E-state index is 15.8. The molecule has 1 fully saturated rings. The number of ether oxygens (including phenoxy) is 4. The number of aliphatic hydroxyl groups excluding tert-OH is 1. The summed E-state index contributed by atoms with van der Waals surface area (Å²) in [5, 5.41) is 23.9. The fourth-order valence-corrected chi connectivity index (χ4v) is 10.1. The second-order valence-electron chi connectivity index (χ2n) is 14.8. The van der Waals surface area contributed by atoms with Gasteiger partial charge in [-0.05, 0) is 119 Å². The Balaban J connectivity index is 1.56. The third-order valence-electron chi connectivity index (χ3n) is 9.58. The van der Waals surface area contributed by atoms with E-state index in [9.17, 15) is 18.7 Å². The normalized spacial score (nSPS) is 16.1. The molecule has 1 N–H and O–H groups in total. The van der Waals surface area contributed by atoms with Crippen molar-refractivity contribution in [2.75, 3.05) is 38.7 Å². The van der Waals surface area contributed by atoms with E-state index in [4.69, 9.17) is 18.9 Å². The van der Waals surface area contributed by atoms with Crippen LogP contribution in [0, 0.1) is 3.57 Å². The number of carbonyl (C=O) groups excluding carboxylic acids is 1. The molecule has 0 aliphatic carbocycles. The van der Waals surface area contributed by atoms with Crippen LogP contribution in [0.4, 0.5) is 10.5 Å². The van der Waals surface area contributed by atoms with E-state index in [2.05, 4.69) is 15.5 Å². The van der Waals surface area contributed by atoms with Crippen LogP contribution in [0.25, 0.3) is 11.4 Å². The van der Waals surface area contributed by atoms with Gasteiger partial charge in [-0.2, -0.15) is 4.31 Å². The number of halogens is 1. The highest BCUT2D eigenvalue weighted by atomic mass is 127. The molecule has 6 rings (SSSR count). The molecule has 0 radical (unpaired) electrons. The van der Waals surface area contributed by atoms with Gasteiger partial charge < -0.3 is 33.5 Å². The summed E-state index contributed by atoms with van der Waals surface area (Å²) in [4.78, 5) is 13.9. The molecule has 0 bridgehead atoms. The Morgan fingerprint density at radius 3 is 1.87 bits per heavy atom. The van der Waals surface area contributed by atoms with Gasteiger partial charge in [0.05, 0.1) is 57.8 Å². The highest BCUT2D eigenvalue weighted by Gasteiger charge is 2.43. The lowest BCUT2D eigenvalue weighted by atomic mass is 10.1. The monoisotopic (exact) mass is 974 g/mol. The number of sulfonamides is 1. The summed E-state index contributed by atoms with van der Waals surface area (Å²) in [5.74, 6) is 1.80. The summed E-state index contributed by atoms with van der Waals surface area (Å²) in [6.07, 6.45) is -2.19. The minimum Gasteiger partial charge on any atom is -0.755 e. The fourth-order valence-electron chi connectivity index (χ4n) is 6.65. The average molecular weight is 975 g/mol. The van der Waals surface area contributed by atoms with Crippen LogP contribution in [-0.4, -0.2) is 110 Å². The third kappa shape index (κ3) is 10.2. The van der Waals surface area contributed by atoms with Gasteiger partial charge in [0.15, 0.2) is 5.82 Å². The number of aliphatic hydroxyl groups is 1. The molecule has 60 heavy (non-hydrogen) atoms. The molecule has 3 atom stereocenters. The molecular formula is C40H45IN7O10S2-. The summed E-state index contributed by atoms with van der Waals surface area (Å²) >= 11 is -1.22. The summed E-state index contributed by atoms with van der Waals surface area (Å²) in [7, 11) is -0.176. The van der Waals surface area contributed by atoms with E-state index in [1.54, 1.807) is 94.6 Å². The first kappa shape index (κ1) is 44.7. The number of aromatic nitrogens is 4. The predicted octanol–water partition coefficient (Wildman–Crippen LogP) is 4.99. The first-order valence-corrected chi connectivity index (χ1v) is 22.1. The van der Waals surface area contributed by atoms with Crippen molar-refractivity contribution in [1.82, 2.24) is 29.4 Å². The van der Waals surface area contributed by atoms with E-state index in [-0.39, 0.29) is 49.8 Å². The molecule has 20 heteroatoms. The van der Waals surface area contributed by atoms with Crippen LogP contribution in [0.3, 0.4) is 0 Å². The lowest BCUT2D eigenvalue weighted by molar-refractivity contribution is 0.0270. The zero-order valence-electron chi connectivity index (χ0n) is 33.7. The number of likely N-dealkylation sites (tertiary alicyclic amines) is 1. The Kier molecular flexibility index (Phi) is 14.0. The van der Waals surface area contributed by atoms with Gasteiger partial charge in [-0.25, -0.2) is 17.9 Å². The molecule has 1 aromatic heterocycles. The predicted molar refractivity (Wildman–Crippen MR) is 229 cm³/mol. The van der Waals surface area contributed by atoms with Gasteiger partial charge in [0.1, 0.15) is 27.7 Å². The molecule has 1 aliphatic heterocycles. The van der Waals surface area contributed by atoms with Crippen molar-refractivity contribution in [2.24, 2.45) is 0 Å². The topological polar surface area (TPSA) is 202 Å². The molecular weight excluding hydrogens is 930 g/mol. The molecule has 320 valence electrons. The van der Waals surface area contributed by atoms with Crippen molar-refractivity contribution < 1.29 is 46.0 Å². The Labute approximate surface area is 364 Å². The van der Waals surface area contributed by atoms with E-state index in [1.807, 2.05) is 34.7 Å². The number of amides is 1. The van der Waals surface area contributed by atoms with Gasteiger partial charge in [0.25, 0.3) is 0 Å². The van der Waals surface area contributed by atoms with Gasteiger partial charge in [-0.15, -0.1) is 5.10 Å². The first-order valence-electron chi connectivity index (χ1n) is 18.6. The quantitative estimate of drug-likeness (QED) is 0.109. The molecule has 17 nitrogen and oxygen atoms in total. The molecule has 5 aromatic rings. The van der Waals surface area contributed by atoms with Gasteiger partial charge in [0.2, 0.25) is 10.0 Å². The minimum absolute atomic E-state index is 0.0213. The van der Waals surface area contributed by atoms with Crippen LogP contribution in [0.15, 0.2) is 89.8 Å². The summed E-state index contributed by atoms with van der Waals surface area (Å²) < 4.78 is 84.0. The summed E-state index contributed by atoms with van der Waals surface area (Å²) in [6.45, 7) is 4.28. The average Bonchev–Trinajstić information content (AvgIpc) is 3.84. The van der Waals surface area contributed by atoms with Crippen molar-refractivity contribution in [2.45, 2.75) is 63.0 Å². The van der Waals surface area contributed by atoms with Gasteiger partial charge in [-0.1, -0.05) is 36.4 Å². The maximum atomic E-state index is 15.8. The Morgan fingerprint density at radius 1 is 0.867 bits per heavy atom. The Bertz CT molecular complexity index is 2360. The van der Waals surface area contributed by atoms with Crippen molar-refractivity contribution in [3.05, 3.63) is 105 Å². The third-order valence-corrected chi connectivity index (χ3v) is 13.1. The largest absolute Gasteiger partial charge is 0.755 e. The maximum Gasteiger partial charge on any atom is 0.410 e. The van der Waals surface area contributed by atoms with E-state index >= 15 is 8.42 Å². The minimum atomic E-state index is -4.78. The Morgan fingerprint density at radius 2 is 1.38 bits per heavy atom. The molecule has 4 aromatic carbocycles. The second kappa shape index (κ2) is 18.8. The van der Waals surface area contributed by atoms with Gasteiger partial charge in [-0.3, -0.25) is 8.51 Å². The van der Waals surface area contributed by atoms with Crippen LogP contribution in [0.2, 0.25) is 0 Å². The highest BCUT2D eigenvalue weighted by Crippen LogP contribution is 2.42. The molecule has 0 saturated carbocycles.